The number of amides is 1. The van der Waals surface area contributed by atoms with E-state index in [1.54, 1.807) is 19.4 Å². The molecular formula is C12H14N6O3. The fourth-order valence-electron chi connectivity index (χ4n) is 2.32. The average molecular weight is 290 g/mol. The summed E-state index contributed by atoms with van der Waals surface area (Å²) in [5.74, 6) is 0.507. The van der Waals surface area contributed by atoms with E-state index in [1.165, 1.54) is 0 Å². The van der Waals surface area contributed by atoms with Gasteiger partial charge >= 0.3 is 0 Å². The summed E-state index contributed by atoms with van der Waals surface area (Å²) < 4.78 is 10.2. The Balaban J connectivity index is 1.89. The van der Waals surface area contributed by atoms with Gasteiger partial charge < -0.3 is 19.9 Å². The van der Waals surface area contributed by atoms with Gasteiger partial charge in [0.1, 0.15) is 6.04 Å². The Hall–Kier alpha value is -2.71. The molecule has 1 atom stereocenters. The van der Waals surface area contributed by atoms with Gasteiger partial charge in [-0.2, -0.15) is 9.97 Å². The van der Waals surface area contributed by atoms with Gasteiger partial charge in [0, 0.05) is 18.8 Å². The minimum atomic E-state index is -0.716. The van der Waals surface area contributed by atoms with Gasteiger partial charge in [0.25, 0.3) is 11.7 Å². The van der Waals surface area contributed by atoms with Crippen LogP contribution in [0.3, 0.4) is 0 Å². The standard InChI is InChI=1S/C12H14N6O3/c1-20-8-4-5-14-12(15-8)18-6-2-3-7(18)11-16-10(9(13)19)17-21-11/h4-5,7H,2-3,6H2,1H3,(H2,13,19)/t7-/m0/s1. The molecule has 1 saturated heterocycles. The lowest BCUT2D eigenvalue weighted by Crippen LogP contribution is -2.25. The average Bonchev–Trinajstić information content (AvgIpc) is 3.15. The normalized spacial score (nSPS) is 18.0. The number of aromatic nitrogens is 4. The summed E-state index contributed by atoms with van der Waals surface area (Å²) in [4.78, 5) is 25.6. The van der Waals surface area contributed by atoms with Crippen molar-refractivity contribution in [3.63, 3.8) is 0 Å². The van der Waals surface area contributed by atoms with E-state index in [1.807, 2.05) is 4.90 Å². The lowest BCUT2D eigenvalue weighted by Gasteiger charge is -2.21. The van der Waals surface area contributed by atoms with E-state index < -0.39 is 5.91 Å². The Kier molecular flexibility index (Phi) is 3.38. The largest absolute Gasteiger partial charge is 0.481 e. The Morgan fingerprint density at radius 1 is 1.52 bits per heavy atom. The number of hydrogen-bond donors (Lipinski definition) is 1. The van der Waals surface area contributed by atoms with Crippen molar-refractivity contribution in [3.05, 3.63) is 24.0 Å². The molecule has 0 radical (unpaired) electrons. The van der Waals surface area contributed by atoms with E-state index in [9.17, 15) is 4.79 Å². The van der Waals surface area contributed by atoms with Crippen molar-refractivity contribution in [3.8, 4) is 5.88 Å². The Bertz CT molecular complexity index is 658. The maximum atomic E-state index is 11.0. The number of hydrogen-bond acceptors (Lipinski definition) is 8. The van der Waals surface area contributed by atoms with Gasteiger partial charge in [0.15, 0.2) is 0 Å². The number of methoxy groups -OCH3 is 1. The first-order chi connectivity index (χ1) is 10.2. The Morgan fingerprint density at radius 2 is 2.38 bits per heavy atom. The van der Waals surface area contributed by atoms with Gasteiger partial charge in [-0.15, -0.1) is 0 Å². The van der Waals surface area contributed by atoms with Crippen molar-refractivity contribution in [2.75, 3.05) is 18.6 Å². The minimum Gasteiger partial charge on any atom is -0.481 e. The lowest BCUT2D eigenvalue weighted by molar-refractivity contribution is 0.0987. The van der Waals surface area contributed by atoms with Crippen LogP contribution >= 0.6 is 0 Å². The molecule has 2 N–H and O–H groups in total. The van der Waals surface area contributed by atoms with Gasteiger partial charge in [0.05, 0.1) is 7.11 Å². The highest BCUT2D eigenvalue weighted by Gasteiger charge is 2.33. The van der Waals surface area contributed by atoms with E-state index in [0.717, 1.165) is 19.4 Å². The predicted octanol–water partition coefficient (Wildman–Crippen LogP) is 0.309. The molecule has 2 aromatic heterocycles. The molecule has 2 aromatic rings. The van der Waals surface area contributed by atoms with Crippen molar-refractivity contribution < 1.29 is 14.1 Å². The van der Waals surface area contributed by atoms with Crippen molar-refractivity contribution in [2.45, 2.75) is 18.9 Å². The Labute approximate surface area is 120 Å². The van der Waals surface area contributed by atoms with Crippen molar-refractivity contribution in [1.29, 1.82) is 0 Å². The molecule has 0 saturated carbocycles. The molecule has 3 rings (SSSR count). The molecule has 1 aliphatic rings. The van der Waals surface area contributed by atoms with E-state index in [0.29, 0.717) is 17.7 Å². The van der Waals surface area contributed by atoms with Crippen LogP contribution in [0.1, 0.15) is 35.4 Å². The zero-order valence-corrected chi connectivity index (χ0v) is 11.4. The van der Waals surface area contributed by atoms with Crippen LogP contribution in [0.25, 0.3) is 0 Å². The van der Waals surface area contributed by atoms with Crippen LogP contribution in [0, 0.1) is 0 Å². The van der Waals surface area contributed by atoms with Gasteiger partial charge in [-0.25, -0.2) is 4.98 Å². The minimum absolute atomic E-state index is 0.122. The van der Waals surface area contributed by atoms with Crippen LogP contribution in [-0.2, 0) is 0 Å². The second-order valence-electron chi connectivity index (χ2n) is 4.57. The molecule has 9 heteroatoms. The number of carbonyl (C=O) groups is 1. The van der Waals surface area contributed by atoms with Gasteiger partial charge in [-0.3, -0.25) is 4.79 Å². The number of primary amides is 1. The first-order valence-corrected chi connectivity index (χ1v) is 6.46. The SMILES string of the molecule is COc1ccnc(N2CCC[C@H]2c2nc(C(N)=O)no2)n1. The third-order valence-corrected chi connectivity index (χ3v) is 3.28. The molecule has 1 amide bonds. The fourth-order valence-corrected chi connectivity index (χ4v) is 2.32. The zero-order chi connectivity index (χ0) is 14.8. The third kappa shape index (κ3) is 2.49. The lowest BCUT2D eigenvalue weighted by atomic mass is 10.2. The highest BCUT2D eigenvalue weighted by molar-refractivity contribution is 5.88. The molecule has 3 heterocycles. The summed E-state index contributed by atoms with van der Waals surface area (Å²) in [7, 11) is 1.55. The molecule has 0 aromatic carbocycles. The van der Waals surface area contributed by atoms with Crippen LogP contribution < -0.4 is 15.4 Å². The van der Waals surface area contributed by atoms with Crippen LogP contribution in [-0.4, -0.2) is 39.7 Å². The predicted molar refractivity (Wildman–Crippen MR) is 70.7 cm³/mol. The number of ether oxygens (including phenoxy) is 1. The summed E-state index contributed by atoms with van der Waals surface area (Å²) in [5, 5.41) is 3.57. The molecule has 9 nitrogen and oxygen atoms in total. The maximum Gasteiger partial charge on any atom is 0.290 e. The summed E-state index contributed by atoms with van der Waals surface area (Å²) >= 11 is 0. The first kappa shape index (κ1) is 13.3. The van der Waals surface area contributed by atoms with E-state index in [-0.39, 0.29) is 11.9 Å². The van der Waals surface area contributed by atoms with E-state index in [2.05, 4.69) is 20.1 Å². The van der Waals surface area contributed by atoms with Crippen LogP contribution in [0.4, 0.5) is 5.95 Å². The number of rotatable bonds is 4. The second kappa shape index (κ2) is 5.35. The number of carbonyl (C=O) groups excluding carboxylic acids is 1. The highest BCUT2D eigenvalue weighted by Crippen LogP contribution is 2.33. The summed E-state index contributed by atoms with van der Waals surface area (Å²) in [5.41, 5.74) is 5.13. The summed E-state index contributed by atoms with van der Waals surface area (Å²) in [6.07, 6.45) is 3.36. The molecule has 1 aliphatic heterocycles. The van der Waals surface area contributed by atoms with E-state index >= 15 is 0 Å². The second-order valence-corrected chi connectivity index (χ2v) is 4.57. The van der Waals surface area contributed by atoms with Gasteiger partial charge in [0.2, 0.25) is 17.7 Å². The van der Waals surface area contributed by atoms with E-state index in [4.69, 9.17) is 15.0 Å². The molecule has 0 spiro atoms. The molecule has 1 fully saturated rings. The zero-order valence-electron chi connectivity index (χ0n) is 11.4. The quantitative estimate of drug-likeness (QED) is 0.854. The maximum absolute atomic E-state index is 11.0. The number of nitrogens with two attached hydrogens (primary N) is 1. The summed E-state index contributed by atoms with van der Waals surface area (Å²) in [6.45, 7) is 0.756. The smallest absolute Gasteiger partial charge is 0.290 e. The van der Waals surface area contributed by atoms with Crippen LogP contribution in [0.2, 0.25) is 0 Å². The van der Waals surface area contributed by atoms with Gasteiger partial charge in [-0.05, 0) is 12.8 Å². The molecular weight excluding hydrogens is 276 g/mol. The topological polar surface area (TPSA) is 120 Å². The molecule has 0 aliphatic carbocycles. The first-order valence-electron chi connectivity index (χ1n) is 6.46. The third-order valence-electron chi connectivity index (χ3n) is 3.28. The van der Waals surface area contributed by atoms with Crippen LogP contribution in [0.15, 0.2) is 16.8 Å². The van der Waals surface area contributed by atoms with Crippen molar-refractivity contribution >= 4 is 11.9 Å². The fraction of sp³-hybridized carbons (Fsp3) is 0.417. The summed E-state index contributed by atoms with van der Waals surface area (Å²) in [6, 6.07) is 1.50. The van der Waals surface area contributed by atoms with Crippen LogP contribution in [0.5, 0.6) is 5.88 Å². The molecule has 0 bridgehead atoms. The van der Waals surface area contributed by atoms with Gasteiger partial charge in [-0.1, -0.05) is 5.16 Å². The molecule has 110 valence electrons. The highest BCUT2D eigenvalue weighted by atomic mass is 16.5. The number of nitrogens with zero attached hydrogens (tertiary/aromatic N) is 5. The van der Waals surface area contributed by atoms with Crippen molar-refractivity contribution in [2.24, 2.45) is 5.73 Å². The van der Waals surface area contributed by atoms with Crippen molar-refractivity contribution in [1.82, 2.24) is 20.1 Å². The molecule has 21 heavy (non-hydrogen) atoms. The Morgan fingerprint density at radius 3 is 3.10 bits per heavy atom. The monoisotopic (exact) mass is 290 g/mol. The number of anilines is 1. The molecule has 0 unspecified atom stereocenters.